The van der Waals surface area contributed by atoms with Crippen LogP contribution in [0.2, 0.25) is 5.02 Å². The average molecular weight is 637 g/mol. The summed E-state index contributed by atoms with van der Waals surface area (Å²) in [5.41, 5.74) is 0.850. The van der Waals surface area contributed by atoms with Gasteiger partial charge in [-0.3, -0.25) is 24.2 Å². The second-order valence-corrected chi connectivity index (χ2v) is 11.6. The van der Waals surface area contributed by atoms with Gasteiger partial charge in [-0.15, -0.1) is 0 Å². The van der Waals surface area contributed by atoms with Crippen molar-refractivity contribution < 1.29 is 33.0 Å². The maximum absolute atomic E-state index is 14.7. The van der Waals surface area contributed by atoms with Crippen LogP contribution in [0.15, 0.2) is 66.9 Å². The number of nitriles is 1. The van der Waals surface area contributed by atoms with Gasteiger partial charge in [0.05, 0.1) is 18.2 Å². The summed E-state index contributed by atoms with van der Waals surface area (Å²) >= 11 is 6.63. The summed E-state index contributed by atoms with van der Waals surface area (Å²) in [4.78, 5) is 48.8. The number of Topliss-reactive ketones (excluding diaryl/α,β-unsaturated/α-hetero) is 1. The molecule has 1 saturated carbocycles. The summed E-state index contributed by atoms with van der Waals surface area (Å²) in [5.74, 6) is -3.99. The van der Waals surface area contributed by atoms with Crippen molar-refractivity contribution >= 4 is 40.7 Å². The number of carbonyl (C=O) groups is 3. The van der Waals surface area contributed by atoms with Gasteiger partial charge >= 0.3 is 0 Å². The highest BCUT2D eigenvalue weighted by Gasteiger charge is 2.47. The SMILES string of the molecule is N#Cc1ccnc(N2C(=O)CC[C@H]2C(=O)N(c2cccc(OCCO)c2)[C@H](C(=O)CCC2CC(F)(F)C2)c2ccccc2Cl)c1. The van der Waals surface area contributed by atoms with Crippen molar-refractivity contribution in [2.45, 2.75) is 56.5 Å². The van der Waals surface area contributed by atoms with Gasteiger partial charge in [-0.2, -0.15) is 5.26 Å². The Labute approximate surface area is 264 Å². The largest absolute Gasteiger partial charge is 0.491 e. The lowest BCUT2D eigenvalue weighted by Crippen LogP contribution is -2.50. The van der Waals surface area contributed by atoms with Gasteiger partial charge in [0.15, 0.2) is 5.78 Å². The first-order valence-electron chi connectivity index (χ1n) is 14.6. The van der Waals surface area contributed by atoms with Crippen LogP contribution in [0, 0.1) is 17.2 Å². The summed E-state index contributed by atoms with van der Waals surface area (Å²) in [5, 5.41) is 18.9. The number of halogens is 3. The number of hydrogen-bond acceptors (Lipinski definition) is 7. The van der Waals surface area contributed by atoms with Crippen LogP contribution in [0.4, 0.5) is 20.3 Å². The first-order valence-corrected chi connectivity index (χ1v) is 15.0. The van der Waals surface area contributed by atoms with Crippen molar-refractivity contribution in [2.75, 3.05) is 23.0 Å². The number of aromatic nitrogens is 1. The number of nitrogens with zero attached hydrogens (tertiary/aromatic N) is 4. The van der Waals surface area contributed by atoms with E-state index < -0.39 is 29.7 Å². The fourth-order valence-electron chi connectivity index (χ4n) is 5.90. The number of hydrogen-bond donors (Lipinski definition) is 1. The van der Waals surface area contributed by atoms with Crippen molar-refractivity contribution in [1.29, 1.82) is 5.26 Å². The molecule has 1 N–H and O–H groups in total. The Morgan fingerprint density at radius 1 is 1.18 bits per heavy atom. The van der Waals surface area contributed by atoms with Crippen LogP contribution >= 0.6 is 11.6 Å². The number of rotatable bonds is 12. The lowest BCUT2D eigenvalue weighted by atomic mass is 9.77. The van der Waals surface area contributed by atoms with Gasteiger partial charge in [-0.25, -0.2) is 13.8 Å². The number of amides is 2. The molecule has 5 rings (SSSR count). The molecule has 2 fully saturated rings. The zero-order valence-electron chi connectivity index (χ0n) is 24.2. The summed E-state index contributed by atoms with van der Waals surface area (Å²) in [6, 6.07) is 15.6. The summed E-state index contributed by atoms with van der Waals surface area (Å²) in [6.45, 7) is -0.260. The molecule has 1 aromatic heterocycles. The monoisotopic (exact) mass is 636 g/mol. The number of alkyl halides is 2. The number of benzene rings is 2. The summed E-state index contributed by atoms with van der Waals surface area (Å²) < 4.78 is 32.7. The minimum Gasteiger partial charge on any atom is -0.491 e. The molecule has 2 amide bonds. The first-order chi connectivity index (χ1) is 21.6. The standard InChI is InChI=1S/C33H31ClF2N4O5/c34-26-7-2-1-6-25(26)31(28(42)10-8-22-18-33(35,36)19-22)39(23-4-3-5-24(17-23)45-15-14-41)32(44)27-9-11-30(43)40(27)29-16-21(20-37)12-13-38-29/h1-7,12-13,16-17,22,27,31,41H,8-11,14-15,18-19H2/t27-,31-/m0/s1. The van der Waals surface area contributed by atoms with Gasteiger partial charge in [0.25, 0.3) is 5.91 Å². The molecule has 2 heterocycles. The number of ether oxygens (including phenoxy) is 1. The van der Waals surface area contributed by atoms with Crippen molar-refractivity contribution in [1.82, 2.24) is 4.98 Å². The van der Waals surface area contributed by atoms with Gasteiger partial charge < -0.3 is 9.84 Å². The van der Waals surface area contributed by atoms with Crippen molar-refractivity contribution in [2.24, 2.45) is 5.92 Å². The van der Waals surface area contributed by atoms with Gasteiger partial charge in [0.2, 0.25) is 11.8 Å². The van der Waals surface area contributed by atoms with E-state index in [0.717, 1.165) is 0 Å². The molecular weight excluding hydrogens is 606 g/mol. The molecule has 1 aliphatic carbocycles. The Morgan fingerprint density at radius 3 is 2.67 bits per heavy atom. The third-order valence-corrected chi connectivity index (χ3v) is 8.39. The molecule has 2 aliphatic rings. The Hall–Kier alpha value is -4.40. The topological polar surface area (TPSA) is 124 Å². The van der Waals surface area contributed by atoms with E-state index in [0.29, 0.717) is 11.3 Å². The van der Waals surface area contributed by atoms with Crippen LogP contribution in [-0.4, -0.2) is 52.9 Å². The molecule has 12 heteroatoms. The molecule has 1 saturated heterocycles. The highest BCUT2D eigenvalue weighted by molar-refractivity contribution is 6.31. The minimum atomic E-state index is -2.73. The third-order valence-electron chi connectivity index (χ3n) is 8.05. The van der Waals surface area contributed by atoms with Gasteiger partial charge in [-0.1, -0.05) is 35.9 Å². The predicted molar refractivity (Wildman–Crippen MR) is 162 cm³/mol. The van der Waals surface area contributed by atoms with Crippen LogP contribution in [-0.2, 0) is 14.4 Å². The Kier molecular flexibility index (Phi) is 9.75. The van der Waals surface area contributed by atoms with Crippen molar-refractivity contribution in [3.63, 3.8) is 0 Å². The average Bonchev–Trinajstić information content (AvgIpc) is 3.42. The normalized spacial score (nSPS) is 18.2. The highest BCUT2D eigenvalue weighted by Crippen LogP contribution is 2.45. The molecule has 0 radical (unpaired) electrons. The van der Waals surface area contributed by atoms with E-state index in [1.165, 1.54) is 28.1 Å². The van der Waals surface area contributed by atoms with E-state index >= 15 is 0 Å². The Bertz CT molecular complexity index is 1620. The van der Waals surface area contributed by atoms with E-state index in [1.807, 2.05) is 6.07 Å². The van der Waals surface area contributed by atoms with E-state index in [4.69, 9.17) is 16.3 Å². The van der Waals surface area contributed by atoms with Crippen molar-refractivity contribution in [3.8, 4) is 11.8 Å². The first kappa shape index (κ1) is 32.0. The fraction of sp³-hybridized carbons (Fsp3) is 0.364. The second kappa shape index (κ2) is 13.7. The van der Waals surface area contributed by atoms with Gasteiger partial charge in [0, 0.05) is 54.2 Å². The minimum absolute atomic E-state index is 0.0118. The van der Waals surface area contributed by atoms with Crippen LogP contribution in [0.3, 0.4) is 0 Å². The molecule has 9 nitrogen and oxygen atoms in total. The summed E-state index contributed by atoms with van der Waals surface area (Å²) in [7, 11) is 0. The molecule has 45 heavy (non-hydrogen) atoms. The Morgan fingerprint density at radius 2 is 1.96 bits per heavy atom. The zero-order valence-corrected chi connectivity index (χ0v) is 25.0. The van der Waals surface area contributed by atoms with Gasteiger partial charge in [0.1, 0.15) is 30.3 Å². The maximum atomic E-state index is 14.7. The van der Waals surface area contributed by atoms with E-state index in [1.54, 1.807) is 48.5 Å². The van der Waals surface area contributed by atoms with Crippen molar-refractivity contribution in [3.05, 3.63) is 83.0 Å². The van der Waals surface area contributed by atoms with E-state index in [-0.39, 0.29) is 85.7 Å². The lowest BCUT2D eigenvalue weighted by Gasteiger charge is -2.37. The second-order valence-electron chi connectivity index (χ2n) is 11.2. The highest BCUT2D eigenvalue weighted by atomic mass is 35.5. The number of carbonyl (C=O) groups excluding carboxylic acids is 3. The van der Waals surface area contributed by atoms with E-state index in [9.17, 15) is 33.5 Å². The molecule has 0 unspecified atom stereocenters. The number of anilines is 2. The maximum Gasteiger partial charge on any atom is 0.251 e. The van der Waals surface area contributed by atoms with Crippen LogP contribution in [0.1, 0.15) is 55.7 Å². The molecule has 0 spiro atoms. The number of ketones is 1. The van der Waals surface area contributed by atoms with Crippen LogP contribution in [0.5, 0.6) is 5.75 Å². The fourth-order valence-corrected chi connectivity index (χ4v) is 6.14. The Balaban J connectivity index is 1.59. The van der Waals surface area contributed by atoms with Gasteiger partial charge in [-0.05, 0) is 49.1 Å². The molecule has 3 aromatic rings. The molecule has 2 atom stereocenters. The van der Waals surface area contributed by atoms with E-state index in [2.05, 4.69) is 4.98 Å². The summed E-state index contributed by atoms with van der Waals surface area (Å²) in [6.07, 6.45) is 1.07. The number of pyridine rings is 1. The molecule has 0 bridgehead atoms. The predicted octanol–water partition coefficient (Wildman–Crippen LogP) is 5.64. The quantitative estimate of drug-likeness (QED) is 0.273. The number of aliphatic hydroxyl groups excluding tert-OH is 1. The van der Waals surface area contributed by atoms with Crippen LogP contribution < -0.4 is 14.5 Å². The smallest absolute Gasteiger partial charge is 0.251 e. The number of aliphatic hydroxyl groups is 1. The molecule has 2 aromatic carbocycles. The molecule has 1 aliphatic heterocycles. The van der Waals surface area contributed by atoms with Crippen LogP contribution in [0.25, 0.3) is 0 Å². The zero-order chi connectivity index (χ0) is 32.1. The molecule has 234 valence electrons. The molecular formula is C33H31ClF2N4O5. The third kappa shape index (κ3) is 7.13. The lowest BCUT2D eigenvalue weighted by molar-refractivity contribution is -0.129.